The number of piperidine rings is 1. The third kappa shape index (κ3) is 4.67. The molecule has 1 aromatic rings. The van der Waals surface area contributed by atoms with Crippen LogP contribution in [0.3, 0.4) is 0 Å². The van der Waals surface area contributed by atoms with Gasteiger partial charge in [0.2, 0.25) is 0 Å². The van der Waals surface area contributed by atoms with Gasteiger partial charge in [0, 0.05) is 49.7 Å². The van der Waals surface area contributed by atoms with Crippen LogP contribution in [0.15, 0.2) is 24.5 Å². The number of nitrogens with one attached hydrogen (secondary N) is 1. The quantitative estimate of drug-likeness (QED) is 0.874. The molecule has 0 bridgehead atoms. The second-order valence-electron chi connectivity index (χ2n) is 6.96. The number of likely N-dealkylation sites (tertiary alicyclic amines) is 1. The van der Waals surface area contributed by atoms with Gasteiger partial charge in [0.1, 0.15) is 0 Å². The molecule has 126 valence electrons. The van der Waals surface area contributed by atoms with E-state index in [9.17, 15) is 4.79 Å². The summed E-state index contributed by atoms with van der Waals surface area (Å²) < 4.78 is 0. The van der Waals surface area contributed by atoms with E-state index in [1.165, 1.54) is 25.7 Å². The highest BCUT2D eigenvalue weighted by Gasteiger charge is 2.29. The van der Waals surface area contributed by atoms with Crippen LogP contribution in [0.2, 0.25) is 0 Å². The van der Waals surface area contributed by atoms with Gasteiger partial charge in [-0.15, -0.1) is 0 Å². The van der Waals surface area contributed by atoms with E-state index in [-0.39, 0.29) is 0 Å². The number of carboxylic acid groups (broad SMARTS) is 1. The van der Waals surface area contributed by atoms with Crippen LogP contribution in [-0.2, 0) is 4.79 Å². The summed E-state index contributed by atoms with van der Waals surface area (Å²) in [5, 5.41) is 12.5. The molecule has 0 unspecified atom stereocenters. The van der Waals surface area contributed by atoms with E-state index in [1.54, 1.807) is 0 Å². The van der Waals surface area contributed by atoms with Crippen LogP contribution < -0.4 is 5.32 Å². The van der Waals surface area contributed by atoms with Crippen molar-refractivity contribution in [1.29, 1.82) is 0 Å². The molecular formula is C18H27N3O2. The van der Waals surface area contributed by atoms with Gasteiger partial charge in [0.25, 0.3) is 0 Å². The highest BCUT2D eigenvalue weighted by Crippen LogP contribution is 2.31. The number of pyridine rings is 1. The lowest BCUT2D eigenvalue weighted by Gasteiger charge is -2.41. The van der Waals surface area contributed by atoms with Crippen LogP contribution in [0.25, 0.3) is 0 Å². The third-order valence-electron chi connectivity index (χ3n) is 5.38. The molecule has 3 rings (SSSR count). The largest absolute Gasteiger partial charge is 0.481 e. The average molecular weight is 317 g/mol. The van der Waals surface area contributed by atoms with Crippen molar-refractivity contribution in [2.75, 3.05) is 18.4 Å². The number of aliphatic carboxylic acids is 1. The zero-order chi connectivity index (χ0) is 16.1. The van der Waals surface area contributed by atoms with Gasteiger partial charge in [-0.2, -0.15) is 0 Å². The number of nitrogens with zero attached hydrogens (tertiary/aromatic N) is 2. The van der Waals surface area contributed by atoms with E-state index in [4.69, 9.17) is 5.11 Å². The maximum atomic E-state index is 10.8. The Morgan fingerprint density at radius 1 is 1.13 bits per heavy atom. The molecule has 2 fully saturated rings. The van der Waals surface area contributed by atoms with Crippen LogP contribution in [0.1, 0.15) is 44.9 Å². The van der Waals surface area contributed by atoms with Gasteiger partial charge in [0.15, 0.2) is 0 Å². The summed E-state index contributed by atoms with van der Waals surface area (Å²) in [6.07, 6.45) is 10.8. The van der Waals surface area contributed by atoms with Crippen molar-refractivity contribution < 1.29 is 9.90 Å². The van der Waals surface area contributed by atoms with Crippen molar-refractivity contribution in [2.24, 2.45) is 5.92 Å². The van der Waals surface area contributed by atoms with Crippen molar-refractivity contribution in [1.82, 2.24) is 9.88 Å². The predicted octanol–water partition coefficient (Wildman–Crippen LogP) is 2.99. The first kappa shape index (κ1) is 16.2. The molecule has 23 heavy (non-hydrogen) atoms. The minimum atomic E-state index is -0.642. The molecule has 5 nitrogen and oxygen atoms in total. The first-order chi connectivity index (χ1) is 11.2. The molecule has 0 spiro atoms. The lowest BCUT2D eigenvalue weighted by Crippen LogP contribution is -2.46. The van der Waals surface area contributed by atoms with Gasteiger partial charge in [-0.25, -0.2) is 0 Å². The van der Waals surface area contributed by atoms with Gasteiger partial charge in [-0.1, -0.05) is 0 Å². The summed E-state index contributed by atoms with van der Waals surface area (Å²) in [6.45, 7) is 2.30. The predicted molar refractivity (Wildman–Crippen MR) is 90.5 cm³/mol. The number of anilines is 1. The Hall–Kier alpha value is -1.62. The van der Waals surface area contributed by atoms with Gasteiger partial charge in [-0.3, -0.25) is 9.78 Å². The number of aromatic nitrogens is 1. The zero-order valence-electron chi connectivity index (χ0n) is 13.7. The lowest BCUT2D eigenvalue weighted by atomic mass is 9.83. The molecule has 2 N–H and O–H groups in total. The summed E-state index contributed by atoms with van der Waals surface area (Å²) in [5.41, 5.74) is 1.16. The van der Waals surface area contributed by atoms with Gasteiger partial charge in [-0.05, 0) is 56.6 Å². The fourth-order valence-electron chi connectivity index (χ4n) is 4.05. The monoisotopic (exact) mass is 317 g/mol. The van der Waals surface area contributed by atoms with E-state index in [2.05, 4.69) is 15.2 Å². The van der Waals surface area contributed by atoms with Crippen LogP contribution in [-0.4, -0.2) is 46.1 Å². The molecule has 1 aromatic heterocycles. The number of rotatable bonds is 5. The van der Waals surface area contributed by atoms with Gasteiger partial charge in [0.05, 0.1) is 0 Å². The molecule has 0 aromatic carbocycles. The van der Waals surface area contributed by atoms with Crippen molar-refractivity contribution in [3.05, 3.63) is 24.5 Å². The molecule has 1 saturated carbocycles. The number of carboxylic acids is 1. The molecule has 5 heteroatoms. The molecule has 0 atom stereocenters. The Kier molecular flexibility index (Phi) is 5.49. The number of carbonyl (C=O) groups is 1. The molecule has 1 aliphatic heterocycles. The van der Waals surface area contributed by atoms with Crippen molar-refractivity contribution >= 4 is 11.7 Å². The highest BCUT2D eigenvalue weighted by molar-refractivity contribution is 5.67. The molecule has 0 amide bonds. The fraction of sp³-hybridized carbons (Fsp3) is 0.667. The van der Waals surface area contributed by atoms with E-state index >= 15 is 0 Å². The average Bonchev–Trinajstić information content (AvgIpc) is 2.57. The number of hydrogen-bond donors (Lipinski definition) is 2. The van der Waals surface area contributed by atoms with Crippen molar-refractivity contribution in [3.63, 3.8) is 0 Å². The van der Waals surface area contributed by atoms with Crippen molar-refractivity contribution in [2.45, 2.75) is 57.0 Å². The first-order valence-electron chi connectivity index (χ1n) is 8.83. The van der Waals surface area contributed by atoms with E-state index < -0.39 is 5.97 Å². The second-order valence-corrected chi connectivity index (χ2v) is 6.96. The van der Waals surface area contributed by atoms with E-state index in [0.717, 1.165) is 31.6 Å². The minimum Gasteiger partial charge on any atom is -0.481 e. The summed E-state index contributed by atoms with van der Waals surface area (Å²) in [6, 6.07) is 5.27. The summed E-state index contributed by atoms with van der Waals surface area (Å²) >= 11 is 0. The Balaban J connectivity index is 1.40. The summed E-state index contributed by atoms with van der Waals surface area (Å²) in [5.74, 6) is -0.244. The second kappa shape index (κ2) is 7.77. The Morgan fingerprint density at radius 3 is 2.39 bits per heavy atom. The Bertz CT molecular complexity index is 492. The molecule has 2 aliphatic rings. The Labute approximate surface area is 138 Å². The maximum Gasteiger partial charge on any atom is 0.303 e. The van der Waals surface area contributed by atoms with E-state index in [0.29, 0.717) is 24.4 Å². The lowest BCUT2D eigenvalue weighted by molar-refractivity contribution is -0.138. The number of hydrogen-bond acceptors (Lipinski definition) is 4. The standard InChI is InChI=1S/C18H27N3O2/c22-18(23)13-14-1-3-17(4-2-14)21-11-7-16(8-12-21)20-15-5-9-19-10-6-15/h5-6,9-10,14,16-17H,1-4,7-8,11-13H2,(H,19,20)(H,22,23). The maximum absolute atomic E-state index is 10.8. The summed E-state index contributed by atoms with van der Waals surface area (Å²) in [4.78, 5) is 17.5. The molecule has 0 radical (unpaired) electrons. The normalized spacial score (nSPS) is 26.8. The molecule has 2 heterocycles. The molecule has 1 saturated heterocycles. The SMILES string of the molecule is O=C(O)CC1CCC(N2CCC(Nc3ccncc3)CC2)CC1. The van der Waals surface area contributed by atoms with Crippen LogP contribution in [0, 0.1) is 5.92 Å². The molecular weight excluding hydrogens is 290 g/mol. The van der Waals surface area contributed by atoms with Crippen LogP contribution >= 0.6 is 0 Å². The van der Waals surface area contributed by atoms with Crippen molar-refractivity contribution in [3.8, 4) is 0 Å². The Morgan fingerprint density at radius 2 is 1.78 bits per heavy atom. The smallest absolute Gasteiger partial charge is 0.303 e. The van der Waals surface area contributed by atoms with Gasteiger partial charge >= 0.3 is 5.97 Å². The highest BCUT2D eigenvalue weighted by atomic mass is 16.4. The van der Waals surface area contributed by atoms with Crippen LogP contribution in [0.4, 0.5) is 5.69 Å². The minimum absolute atomic E-state index is 0.352. The third-order valence-corrected chi connectivity index (χ3v) is 5.38. The first-order valence-corrected chi connectivity index (χ1v) is 8.83. The molecule has 1 aliphatic carbocycles. The summed E-state index contributed by atoms with van der Waals surface area (Å²) in [7, 11) is 0. The van der Waals surface area contributed by atoms with E-state index in [1.807, 2.05) is 24.5 Å². The topological polar surface area (TPSA) is 65.5 Å². The zero-order valence-corrected chi connectivity index (χ0v) is 13.7. The van der Waals surface area contributed by atoms with Gasteiger partial charge < -0.3 is 15.3 Å². The van der Waals surface area contributed by atoms with Crippen LogP contribution in [0.5, 0.6) is 0 Å². The fourth-order valence-corrected chi connectivity index (χ4v) is 4.05.